The predicted octanol–water partition coefficient (Wildman–Crippen LogP) is 4.33. The molecule has 4 nitrogen and oxygen atoms in total. The van der Waals surface area contributed by atoms with Gasteiger partial charge in [0.2, 0.25) is 5.89 Å². The van der Waals surface area contributed by atoms with Crippen LogP contribution in [0.25, 0.3) is 0 Å². The van der Waals surface area contributed by atoms with Gasteiger partial charge in [-0.1, -0.05) is 70.9 Å². The third kappa shape index (κ3) is 6.19. The predicted molar refractivity (Wildman–Crippen MR) is 77.9 cm³/mol. The molecule has 1 rings (SSSR count). The van der Waals surface area contributed by atoms with Crippen molar-refractivity contribution in [1.82, 2.24) is 10.1 Å². The van der Waals surface area contributed by atoms with Gasteiger partial charge in [-0.3, -0.25) is 0 Å². The Kier molecular flexibility index (Phi) is 7.72. The molecule has 0 aromatic carbocycles. The van der Waals surface area contributed by atoms with E-state index in [0.717, 1.165) is 12.8 Å². The number of aromatic nitrogens is 2. The van der Waals surface area contributed by atoms with Crippen LogP contribution in [0.5, 0.6) is 0 Å². The van der Waals surface area contributed by atoms with E-state index in [1.165, 1.54) is 38.5 Å². The molecule has 1 unspecified atom stereocenters. The second kappa shape index (κ2) is 9.08. The van der Waals surface area contributed by atoms with E-state index in [-0.39, 0.29) is 12.0 Å². The number of nitrogens with zero attached hydrogens (tertiary/aromatic N) is 2. The Hall–Kier alpha value is -0.900. The highest BCUT2D eigenvalue weighted by atomic mass is 16.5. The van der Waals surface area contributed by atoms with Crippen molar-refractivity contribution in [3.63, 3.8) is 0 Å². The van der Waals surface area contributed by atoms with Crippen LogP contribution >= 0.6 is 0 Å². The summed E-state index contributed by atoms with van der Waals surface area (Å²) in [5.74, 6) is 1.62. The molecule has 0 saturated carbocycles. The van der Waals surface area contributed by atoms with Gasteiger partial charge >= 0.3 is 0 Å². The number of hydrogen-bond donors (Lipinski definition) is 1. The van der Waals surface area contributed by atoms with Gasteiger partial charge in [0.15, 0.2) is 5.82 Å². The molecule has 4 heteroatoms. The Balaban J connectivity index is 2.14. The maximum absolute atomic E-state index is 6.09. The van der Waals surface area contributed by atoms with Gasteiger partial charge in [-0.25, -0.2) is 0 Å². The number of nitrogens with two attached hydrogens (primary N) is 1. The summed E-state index contributed by atoms with van der Waals surface area (Å²) in [4.78, 5) is 4.35. The quantitative estimate of drug-likeness (QED) is 0.641. The summed E-state index contributed by atoms with van der Waals surface area (Å²) < 4.78 is 5.18. The molecule has 0 aliphatic heterocycles. The van der Waals surface area contributed by atoms with E-state index in [1.807, 2.05) is 13.8 Å². The van der Waals surface area contributed by atoms with Gasteiger partial charge in [-0.05, 0) is 6.42 Å². The molecule has 0 radical (unpaired) electrons. The van der Waals surface area contributed by atoms with Crippen molar-refractivity contribution in [2.75, 3.05) is 0 Å². The monoisotopic (exact) mass is 267 g/mol. The van der Waals surface area contributed by atoms with Crippen molar-refractivity contribution in [3.05, 3.63) is 11.7 Å². The Morgan fingerprint density at radius 2 is 1.68 bits per heavy atom. The molecule has 1 atom stereocenters. The largest absolute Gasteiger partial charge is 0.339 e. The van der Waals surface area contributed by atoms with Crippen LogP contribution in [0.15, 0.2) is 4.52 Å². The number of rotatable bonds is 10. The molecule has 110 valence electrons. The first-order valence-electron chi connectivity index (χ1n) is 7.74. The molecular formula is C15H29N3O. The van der Waals surface area contributed by atoms with Crippen molar-refractivity contribution < 1.29 is 4.52 Å². The average molecular weight is 267 g/mol. The highest BCUT2D eigenvalue weighted by molar-refractivity contribution is 4.95. The molecule has 0 saturated heterocycles. The lowest BCUT2D eigenvalue weighted by atomic mass is 10.1. The molecular weight excluding hydrogens is 238 g/mol. The van der Waals surface area contributed by atoms with E-state index in [9.17, 15) is 0 Å². The summed E-state index contributed by atoms with van der Waals surface area (Å²) >= 11 is 0. The SMILES string of the molecule is CCCCCCCCCC(N)c1noc(C(C)C)n1. The lowest BCUT2D eigenvalue weighted by molar-refractivity contribution is 0.356. The smallest absolute Gasteiger partial charge is 0.229 e. The zero-order valence-corrected chi connectivity index (χ0v) is 12.7. The first-order chi connectivity index (χ1) is 9.15. The maximum Gasteiger partial charge on any atom is 0.229 e. The second-order valence-corrected chi connectivity index (χ2v) is 5.66. The van der Waals surface area contributed by atoms with Crippen molar-refractivity contribution >= 4 is 0 Å². The fraction of sp³-hybridized carbons (Fsp3) is 0.867. The highest BCUT2D eigenvalue weighted by Crippen LogP contribution is 2.18. The van der Waals surface area contributed by atoms with Gasteiger partial charge in [0, 0.05) is 5.92 Å². The summed E-state index contributed by atoms with van der Waals surface area (Å²) in [5.41, 5.74) is 6.09. The van der Waals surface area contributed by atoms with E-state index >= 15 is 0 Å². The minimum absolute atomic E-state index is 0.0770. The summed E-state index contributed by atoms with van der Waals surface area (Å²) in [5, 5.41) is 3.97. The van der Waals surface area contributed by atoms with E-state index < -0.39 is 0 Å². The lowest BCUT2D eigenvalue weighted by Crippen LogP contribution is -2.12. The van der Waals surface area contributed by atoms with Crippen LogP contribution in [0, 0.1) is 0 Å². The van der Waals surface area contributed by atoms with Crippen molar-refractivity contribution in [2.45, 2.75) is 84.1 Å². The summed E-state index contributed by atoms with van der Waals surface area (Å²) in [6.45, 7) is 6.33. The summed E-state index contributed by atoms with van der Waals surface area (Å²) in [6, 6.07) is -0.0770. The Morgan fingerprint density at radius 3 is 2.26 bits per heavy atom. The van der Waals surface area contributed by atoms with Crippen molar-refractivity contribution in [1.29, 1.82) is 0 Å². The topological polar surface area (TPSA) is 64.9 Å². The van der Waals surface area contributed by atoms with E-state index in [0.29, 0.717) is 11.7 Å². The Bertz CT molecular complexity index is 336. The normalized spacial score (nSPS) is 13.1. The van der Waals surface area contributed by atoms with Crippen LogP contribution in [-0.4, -0.2) is 10.1 Å². The lowest BCUT2D eigenvalue weighted by Gasteiger charge is -2.06. The minimum Gasteiger partial charge on any atom is -0.339 e. The Labute approximate surface area is 117 Å². The number of hydrogen-bond acceptors (Lipinski definition) is 4. The zero-order valence-electron chi connectivity index (χ0n) is 12.7. The van der Waals surface area contributed by atoms with E-state index in [2.05, 4.69) is 17.1 Å². The molecule has 0 spiro atoms. The standard InChI is InChI=1S/C15H29N3O/c1-4-5-6-7-8-9-10-11-13(16)14-17-15(12(2)3)19-18-14/h12-13H,4-11,16H2,1-3H3. The first-order valence-corrected chi connectivity index (χ1v) is 7.74. The van der Waals surface area contributed by atoms with Crippen LogP contribution in [0.3, 0.4) is 0 Å². The Morgan fingerprint density at radius 1 is 1.05 bits per heavy atom. The first kappa shape index (κ1) is 16.2. The molecule has 1 aromatic heterocycles. The second-order valence-electron chi connectivity index (χ2n) is 5.66. The molecule has 2 N–H and O–H groups in total. The van der Waals surface area contributed by atoms with Gasteiger partial charge in [-0.2, -0.15) is 4.98 Å². The molecule has 1 heterocycles. The fourth-order valence-corrected chi connectivity index (χ4v) is 2.08. The molecule has 1 aromatic rings. The molecule has 0 aliphatic carbocycles. The molecule has 0 aliphatic rings. The van der Waals surface area contributed by atoms with Gasteiger partial charge < -0.3 is 10.3 Å². The van der Waals surface area contributed by atoms with Crippen LogP contribution in [-0.2, 0) is 0 Å². The van der Waals surface area contributed by atoms with E-state index in [4.69, 9.17) is 10.3 Å². The molecule has 0 amide bonds. The molecule has 0 bridgehead atoms. The van der Waals surface area contributed by atoms with E-state index in [1.54, 1.807) is 0 Å². The van der Waals surface area contributed by atoms with Gasteiger partial charge in [-0.15, -0.1) is 0 Å². The van der Waals surface area contributed by atoms with Crippen LogP contribution in [0.4, 0.5) is 0 Å². The van der Waals surface area contributed by atoms with Crippen LogP contribution in [0.2, 0.25) is 0 Å². The van der Waals surface area contributed by atoms with Gasteiger partial charge in [0.1, 0.15) is 0 Å². The van der Waals surface area contributed by atoms with Gasteiger partial charge in [0.05, 0.1) is 6.04 Å². The third-order valence-electron chi connectivity index (χ3n) is 3.40. The third-order valence-corrected chi connectivity index (χ3v) is 3.40. The molecule has 19 heavy (non-hydrogen) atoms. The fourth-order valence-electron chi connectivity index (χ4n) is 2.08. The van der Waals surface area contributed by atoms with Crippen LogP contribution in [0.1, 0.15) is 95.8 Å². The zero-order chi connectivity index (χ0) is 14.1. The average Bonchev–Trinajstić information content (AvgIpc) is 2.87. The van der Waals surface area contributed by atoms with Crippen LogP contribution < -0.4 is 5.73 Å². The highest BCUT2D eigenvalue weighted by Gasteiger charge is 2.15. The summed E-state index contributed by atoms with van der Waals surface area (Å²) in [7, 11) is 0. The molecule has 0 fully saturated rings. The summed E-state index contributed by atoms with van der Waals surface area (Å²) in [6.07, 6.45) is 10.1. The maximum atomic E-state index is 6.09. The van der Waals surface area contributed by atoms with Crippen molar-refractivity contribution in [2.24, 2.45) is 5.73 Å². The van der Waals surface area contributed by atoms with Gasteiger partial charge in [0.25, 0.3) is 0 Å². The van der Waals surface area contributed by atoms with Crippen molar-refractivity contribution in [3.8, 4) is 0 Å². The number of unbranched alkanes of at least 4 members (excludes halogenated alkanes) is 6. The minimum atomic E-state index is -0.0770.